The molecule has 1 amide bonds. The van der Waals surface area contributed by atoms with Gasteiger partial charge in [-0.3, -0.25) is 9.80 Å². The van der Waals surface area contributed by atoms with Crippen LogP contribution < -0.4 is 4.83 Å². The average Bonchev–Trinajstić information content (AvgIpc) is 2.18. The summed E-state index contributed by atoms with van der Waals surface area (Å²) in [5.41, 5.74) is 0. The van der Waals surface area contributed by atoms with Crippen molar-refractivity contribution in [3.63, 3.8) is 0 Å². The zero-order valence-electron chi connectivity index (χ0n) is 8.47. The molecule has 0 radical (unpaired) electrons. The van der Waals surface area contributed by atoms with E-state index in [2.05, 4.69) is 4.83 Å². The Balaban J connectivity index is 2.91. The third-order valence-electron chi connectivity index (χ3n) is 1.78. The highest BCUT2D eigenvalue weighted by Crippen LogP contribution is 2.07. The number of carbonyl (C=O) groups is 1. The zero-order chi connectivity index (χ0) is 11.5. The SMILES string of the molecule is CC(=O)N(C)NS(=O)(=O)c1ccccc1. The monoisotopic (exact) mass is 228 g/mol. The molecule has 0 fully saturated rings. The van der Waals surface area contributed by atoms with E-state index in [1.807, 2.05) is 0 Å². The predicted octanol–water partition coefficient (Wildman–Crippen LogP) is 0.358. The van der Waals surface area contributed by atoms with Crippen LogP contribution in [0, 0.1) is 0 Å². The summed E-state index contributed by atoms with van der Waals surface area (Å²) in [6.07, 6.45) is 0. The molecule has 15 heavy (non-hydrogen) atoms. The van der Waals surface area contributed by atoms with Crippen LogP contribution in [0.1, 0.15) is 6.92 Å². The van der Waals surface area contributed by atoms with E-state index in [1.165, 1.54) is 26.1 Å². The summed E-state index contributed by atoms with van der Waals surface area (Å²) < 4.78 is 23.3. The second-order valence-electron chi connectivity index (χ2n) is 2.99. The van der Waals surface area contributed by atoms with Gasteiger partial charge in [-0.1, -0.05) is 18.2 Å². The van der Waals surface area contributed by atoms with Gasteiger partial charge in [-0.25, -0.2) is 8.42 Å². The standard InChI is InChI=1S/C9H12N2O3S/c1-8(12)11(2)10-15(13,14)9-6-4-3-5-7-9/h3-7,10H,1-2H3. The van der Waals surface area contributed by atoms with E-state index in [0.717, 1.165) is 5.01 Å². The van der Waals surface area contributed by atoms with Crippen molar-refractivity contribution in [2.75, 3.05) is 7.05 Å². The smallest absolute Gasteiger partial charge is 0.257 e. The normalized spacial score (nSPS) is 11.1. The summed E-state index contributed by atoms with van der Waals surface area (Å²) in [5.74, 6) is -0.380. The lowest BCUT2D eigenvalue weighted by atomic mass is 10.4. The molecule has 0 spiro atoms. The number of nitrogens with one attached hydrogen (secondary N) is 1. The van der Waals surface area contributed by atoms with Gasteiger partial charge in [-0.15, -0.1) is 4.83 Å². The molecule has 0 aliphatic heterocycles. The van der Waals surface area contributed by atoms with Gasteiger partial charge in [-0.05, 0) is 12.1 Å². The molecule has 0 aliphatic rings. The number of rotatable bonds is 3. The molecule has 1 aromatic carbocycles. The Morgan fingerprint density at radius 3 is 2.27 bits per heavy atom. The molecule has 0 saturated carbocycles. The number of hydrogen-bond acceptors (Lipinski definition) is 3. The average molecular weight is 228 g/mol. The van der Waals surface area contributed by atoms with Crippen LogP contribution in [-0.4, -0.2) is 26.4 Å². The van der Waals surface area contributed by atoms with Crippen LogP contribution in [0.2, 0.25) is 0 Å². The molecule has 1 aromatic rings. The van der Waals surface area contributed by atoms with Gasteiger partial charge < -0.3 is 0 Å². The van der Waals surface area contributed by atoms with Crippen LogP contribution in [-0.2, 0) is 14.8 Å². The number of amides is 1. The zero-order valence-corrected chi connectivity index (χ0v) is 9.28. The fraction of sp³-hybridized carbons (Fsp3) is 0.222. The first-order valence-corrected chi connectivity index (χ1v) is 5.73. The van der Waals surface area contributed by atoms with Gasteiger partial charge in [-0.2, -0.15) is 0 Å². The second-order valence-corrected chi connectivity index (χ2v) is 4.65. The van der Waals surface area contributed by atoms with Gasteiger partial charge in [0.25, 0.3) is 10.0 Å². The van der Waals surface area contributed by atoms with Gasteiger partial charge >= 0.3 is 0 Å². The van der Waals surface area contributed by atoms with Crippen LogP contribution in [0.5, 0.6) is 0 Å². The second kappa shape index (κ2) is 4.41. The molecule has 0 heterocycles. The summed E-state index contributed by atoms with van der Waals surface area (Å²) in [6.45, 7) is 1.27. The largest absolute Gasteiger partial charge is 0.274 e. The molecule has 82 valence electrons. The third-order valence-corrected chi connectivity index (χ3v) is 3.19. The van der Waals surface area contributed by atoms with Crippen molar-refractivity contribution >= 4 is 15.9 Å². The number of sulfonamides is 1. The summed E-state index contributed by atoms with van der Waals surface area (Å²) in [6, 6.07) is 7.85. The molecule has 1 N–H and O–H groups in total. The van der Waals surface area contributed by atoms with Gasteiger partial charge in [0, 0.05) is 14.0 Å². The fourth-order valence-corrected chi connectivity index (χ4v) is 2.01. The topological polar surface area (TPSA) is 66.5 Å². The molecule has 1 rings (SSSR count). The Kier molecular flexibility index (Phi) is 3.43. The van der Waals surface area contributed by atoms with Gasteiger partial charge in [0.1, 0.15) is 0 Å². The van der Waals surface area contributed by atoms with Gasteiger partial charge in [0.05, 0.1) is 4.90 Å². The molecule has 0 bridgehead atoms. The van der Waals surface area contributed by atoms with Crippen molar-refractivity contribution in [1.29, 1.82) is 0 Å². The van der Waals surface area contributed by atoms with E-state index in [1.54, 1.807) is 18.2 Å². The van der Waals surface area contributed by atoms with E-state index in [-0.39, 0.29) is 10.8 Å². The van der Waals surface area contributed by atoms with Crippen LogP contribution >= 0.6 is 0 Å². The number of hydrazine groups is 1. The first-order valence-electron chi connectivity index (χ1n) is 4.25. The molecule has 0 aliphatic carbocycles. The first kappa shape index (κ1) is 11.7. The summed E-state index contributed by atoms with van der Waals surface area (Å²) in [5, 5.41) is 0.919. The lowest BCUT2D eigenvalue weighted by molar-refractivity contribution is -0.128. The third kappa shape index (κ3) is 3.03. The van der Waals surface area contributed by atoms with Gasteiger partial charge in [0.15, 0.2) is 0 Å². The Morgan fingerprint density at radius 1 is 1.27 bits per heavy atom. The minimum absolute atomic E-state index is 0.123. The van der Waals surface area contributed by atoms with E-state index >= 15 is 0 Å². The molecule has 0 atom stereocenters. The Morgan fingerprint density at radius 2 is 1.80 bits per heavy atom. The van der Waals surface area contributed by atoms with Crippen LogP contribution in [0.15, 0.2) is 35.2 Å². The Labute approximate surface area is 88.7 Å². The first-order chi connectivity index (χ1) is 6.93. The van der Waals surface area contributed by atoms with E-state index in [0.29, 0.717) is 0 Å². The highest BCUT2D eigenvalue weighted by atomic mass is 32.2. The summed E-state index contributed by atoms with van der Waals surface area (Å²) in [7, 11) is -2.30. The van der Waals surface area contributed by atoms with Crippen molar-refractivity contribution in [1.82, 2.24) is 9.84 Å². The van der Waals surface area contributed by atoms with Crippen molar-refractivity contribution in [3.05, 3.63) is 30.3 Å². The lowest BCUT2D eigenvalue weighted by Crippen LogP contribution is -2.41. The molecular weight excluding hydrogens is 216 g/mol. The number of hydrogen-bond donors (Lipinski definition) is 1. The maximum Gasteiger partial charge on any atom is 0.257 e. The van der Waals surface area contributed by atoms with E-state index in [9.17, 15) is 13.2 Å². The van der Waals surface area contributed by atoms with Crippen LogP contribution in [0.4, 0.5) is 0 Å². The highest BCUT2D eigenvalue weighted by Gasteiger charge is 2.16. The summed E-state index contributed by atoms with van der Waals surface area (Å²) >= 11 is 0. The van der Waals surface area contributed by atoms with Crippen molar-refractivity contribution in [3.8, 4) is 0 Å². The Hall–Kier alpha value is -1.40. The van der Waals surface area contributed by atoms with Crippen molar-refractivity contribution < 1.29 is 13.2 Å². The molecule has 5 nitrogen and oxygen atoms in total. The van der Waals surface area contributed by atoms with Crippen molar-refractivity contribution in [2.24, 2.45) is 0 Å². The van der Waals surface area contributed by atoms with Gasteiger partial charge in [0.2, 0.25) is 5.91 Å². The minimum atomic E-state index is -3.65. The quantitative estimate of drug-likeness (QED) is 0.759. The molecule has 0 unspecified atom stereocenters. The predicted molar refractivity (Wildman–Crippen MR) is 55.2 cm³/mol. The highest BCUT2D eigenvalue weighted by molar-refractivity contribution is 7.89. The fourth-order valence-electron chi connectivity index (χ4n) is 0.897. The lowest BCUT2D eigenvalue weighted by Gasteiger charge is -2.16. The Bertz CT molecular complexity index is 442. The number of nitrogens with zero attached hydrogens (tertiary/aromatic N) is 1. The molecule has 6 heteroatoms. The minimum Gasteiger partial charge on any atom is -0.274 e. The molecule has 0 saturated heterocycles. The van der Waals surface area contributed by atoms with Crippen LogP contribution in [0.3, 0.4) is 0 Å². The van der Waals surface area contributed by atoms with E-state index in [4.69, 9.17) is 0 Å². The van der Waals surface area contributed by atoms with Crippen LogP contribution in [0.25, 0.3) is 0 Å². The molecule has 0 aromatic heterocycles. The van der Waals surface area contributed by atoms with Crippen molar-refractivity contribution in [2.45, 2.75) is 11.8 Å². The number of benzene rings is 1. The molecular formula is C9H12N2O3S. The number of carbonyl (C=O) groups excluding carboxylic acids is 1. The summed E-state index contributed by atoms with van der Waals surface area (Å²) in [4.78, 5) is 13.1. The van der Waals surface area contributed by atoms with E-state index < -0.39 is 10.0 Å². The maximum absolute atomic E-state index is 11.6. The maximum atomic E-state index is 11.6.